The van der Waals surface area contributed by atoms with Crippen LogP contribution in [0.5, 0.6) is 0 Å². The van der Waals surface area contributed by atoms with E-state index in [4.69, 9.17) is 16.0 Å². The molecule has 0 saturated carbocycles. The van der Waals surface area contributed by atoms with E-state index in [-0.39, 0.29) is 0 Å². The first-order valence-electron chi connectivity index (χ1n) is 6.28. The van der Waals surface area contributed by atoms with Crippen LogP contribution in [-0.2, 0) is 0 Å². The highest BCUT2D eigenvalue weighted by atomic mass is 35.5. The Hall–Kier alpha value is -1.80. The van der Waals surface area contributed by atoms with Gasteiger partial charge in [0.1, 0.15) is 11.8 Å². The minimum atomic E-state index is 0.534. The van der Waals surface area contributed by atoms with Gasteiger partial charge in [0.2, 0.25) is 0 Å². The number of halogens is 1. The van der Waals surface area contributed by atoms with Crippen LogP contribution in [0.25, 0.3) is 22.2 Å². The molecule has 0 radical (unpaired) electrons. The molecule has 2 heterocycles. The number of aromatic nitrogens is 1. The van der Waals surface area contributed by atoms with Gasteiger partial charge in [0.05, 0.1) is 5.02 Å². The lowest BCUT2D eigenvalue weighted by atomic mass is 9.99. The maximum Gasteiger partial charge on any atom is 0.154 e. The van der Waals surface area contributed by atoms with Gasteiger partial charge in [-0.05, 0) is 17.0 Å². The smallest absolute Gasteiger partial charge is 0.154 e. The van der Waals surface area contributed by atoms with E-state index >= 15 is 0 Å². The van der Waals surface area contributed by atoms with Crippen LogP contribution in [0.15, 0.2) is 47.2 Å². The monoisotopic (exact) mass is 271 g/mol. The average molecular weight is 272 g/mol. The van der Waals surface area contributed by atoms with Crippen LogP contribution in [0.3, 0.4) is 0 Å². The summed E-state index contributed by atoms with van der Waals surface area (Å²) in [5.74, 6) is 0.534. The summed E-state index contributed by atoms with van der Waals surface area (Å²) >= 11 is 5.91. The van der Waals surface area contributed by atoms with Gasteiger partial charge >= 0.3 is 0 Å². The Bertz CT molecular complexity index is 713. The lowest BCUT2D eigenvalue weighted by molar-refractivity contribution is 0.616. The zero-order chi connectivity index (χ0) is 13.4. The van der Waals surface area contributed by atoms with Crippen molar-refractivity contribution in [3.05, 3.63) is 53.4 Å². The van der Waals surface area contributed by atoms with E-state index < -0.39 is 0 Å². The highest BCUT2D eigenvalue weighted by molar-refractivity contribution is 6.31. The molecule has 2 nitrogen and oxygen atoms in total. The Morgan fingerprint density at radius 2 is 1.89 bits per heavy atom. The van der Waals surface area contributed by atoms with Crippen LogP contribution in [0.1, 0.15) is 25.3 Å². The van der Waals surface area contributed by atoms with Crippen LogP contribution >= 0.6 is 11.6 Å². The number of furan rings is 1. The molecular formula is C16H14ClNO. The van der Waals surface area contributed by atoms with E-state index in [2.05, 4.69) is 43.1 Å². The van der Waals surface area contributed by atoms with Crippen LogP contribution in [0.2, 0.25) is 5.02 Å². The van der Waals surface area contributed by atoms with Gasteiger partial charge in [-0.15, -0.1) is 0 Å². The first-order valence-corrected chi connectivity index (χ1v) is 6.66. The maximum atomic E-state index is 5.91. The molecule has 0 saturated heterocycles. The molecule has 0 amide bonds. The van der Waals surface area contributed by atoms with Gasteiger partial charge in [0.15, 0.2) is 5.58 Å². The van der Waals surface area contributed by atoms with E-state index in [0.717, 1.165) is 22.2 Å². The fraction of sp³-hybridized carbons (Fsp3) is 0.188. The van der Waals surface area contributed by atoms with Crippen molar-refractivity contribution in [3.63, 3.8) is 0 Å². The molecule has 0 aliphatic carbocycles. The van der Waals surface area contributed by atoms with E-state index in [1.54, 1.807) is 18.5 Å². The summed E-state index contributed by atoms with van der Waals surface area (Å²) < 4.78 is 5.52. The van der Waals surface area contributed by atoms with E-state index in [1.165, 1.54) is 5.56 Å². The normalized spacial score (nSPS) is 11.4. The molecular weight excluding hydrogens is 258 g/mol. The minimum absolute atomic E-state index is 0.534. The fourth-order valence-electron chi connectivity index (χ4n) is 2.14. The van der Waals surface area contributed by atoms with Crippen molar-refractivity contribution in [2.75, 3.05) is 0 Å². The second kappa shape index (κ2) is 4.71. The van der Waals surface area contributed by atoms with Crippen molar-refractivity contribution >= 4 is 22.7 Å². The SMILES string of the molecule is CC(C)c1ccc(-c2coc3cc(Cl)cnc23)cc1. The molecule has 96 valence electrons. The quantitative estimate of drug-likeness (QED) is 0.634. The van der Waals surface area contributed by atoms with Crippen molar-refractivity contribution in [1.82, 2.24) is 4.98 Å². The predicted molar refractivity (Wildman–Crippen MR) is 78.5 cm³/mol. The zero-order valence-corrected chi connectivity index (χ0v) is 11.6. The number of rotatable bonds is 2. The largest absolute Gasteiger partial charge is 0.462 e. The van der Waals surface area contributed by atoms with Gasteiger partial charge < -0.3 is 4.42 Å². The molecule has 1 aromatic carbocycles. The summed E-state index contributed by atoms with van der Waals surface area (Å²) in [6, 6.07) is 10.3. The summed E-state index contributed by atoms with van der Waals surface area (Å²) in [4.78, 5) is 4.35. The van der Waals surface area contributed by atoms with Gasteiger partial charge in [-0.1, -0.05) is 49.7 Å². The Kier molecular flexibility index (Phi) is 3.03. The number of pyridine rings is 1. The van der Waals surface area contributed by atoms with E-state index in [9.17, 15) is 0 Å². The molecule has 0 aliphatic heterocycles. The molecule has 0 unspecified atom stereocenters. The molecule has 2 aromatic heterocycles. The Balaban J connectivity index is 2.09. The molecule has 0 N–H and O–H groups in total. The molecule has 0 aliphatic rings. The maximum absolute atomic E-state index is 5.91. The second-order valence-corrected chi connectivity index (χ2v) is 5.36. The molecule has 0 fully saturated rings. The number of fused-ring (bicyclic) bond motifs is 1. The zero-order valence-electron chi connectivity index (χ0n) is 10.9. The van der Waals surface area contributed by atoms with Crippen LogP contribution in [0, 0.1) is 0 Å². The predicted octanol–water partition coefficient (Wildman–Crippen LogP) is 5.27. The van der Waals surface area contributed by atoms with Gasteiger partial charge in [0, 0.05) is 17.8 Å². The number of nitrogens with zero attached hydrogens (tertiary/aromatic N) is 1. The van der Waals surface area contributed by atoms with Crippen LogP contribution in [0.4, 0.5) is 0 Å². The molecule has 0 atom stereocenters. The third kappa shape index (κ3) is 2.24. The first-order chi connectivity index (χ1) is 9.15. The standard InChI is InChI=1S/C16H14ClNO/c1-10(2)11-3-5-12(6-4-11)14-9-19-15-7-13(17)8-18-16(14)15/h3-10H,1-2H3. The lowest BCUT2D eigenvalue weighted by Gasteiger charge is -2.05. The third-order valence-electron chi connectivity index (χ3n) is 3.27. The molecule has 3 rings (SSSR count). The van der Waals surface area contributed by atoms with E-state index in [0.29, 0.717) is 10.9 Å². The molecule has 3 aromatic rings. The Morgan fingerprint density at radius 1 is 1.16 bits per heavy atom. The van der Waals surface area contributed by atoms with Gasteiger partial charge in [-0.25, -0.2) is 0 Å². The topological polar surface area (TPSA) is 26.0 Å². The number of hydrogen-bond donors (Lipinski definition) is 0. The third-order valence-corrected chi connectivity index (χ3v) is 3.47. The summed E-state index contributed by atoms with van der Waals surface area (Å²) in [5, 5.41) is 0.587. The number of benzene rings is 1. The summed E-state index contributed by atoms with van der Waals surface area (Å²) in [5.41, 5.74) is 5.00. The second-order valence-electron chi connectivity index (χ2n) is 4.93. The van der Waals surface area contributed by atoms with Gasteiger partial charge in [-0.3, -0.25) is 4.98 Å². The molecule has 19 heavy (non-hydrogen) atoms. The highest BCUT2D eigenvalue weighted by Crippen LogP contribution is 2.31. The molecule has 3 heteroatoms. The minimum Gasteiger partial charge on any atom is -0.462 e. The Labute approximate surface area is 117 Å². The number of hydrogen-bond acceptors (Lipinski definition) is 2. The van der Waals surface area contributed by atoms with Crippen LogP contribution in [-0.4, -0.2) is 4.98 Å². The van der Waals surface area contributed by atoms with Gasteiger partial charge in [-0.2, -0.15) is 0 Å². The summed E-state index contributed by atoms with van der Waals surface area (Å²) in [6.07, 6.45) is 3.38. The summed E-state index contributed by atoms with van der Waals surface area (Å²) in [7, 11) is 0. The van der Waals surface area contributed by atoms with Gasteiger partial charge in [0.25, 0.3) is 0 Å². The molecule has 0 bridgehead atoms. The average Bonchev–Trinajstić information content (AvgIpc) is 2.81. The van der Waals surface area contributed by atoms with Crippen molar-refractivity contribution in [1.29, 1.82) is 0 Å². The van der Waals surface area contributed by atoms with Crippen molar-refractivity contribution in [3.8, 4) is 11.1 Å². The van der Waals surface area contributed by atoms with Crippen molar-refractivity contribution in [2.24, 2.45) is 0 Å². The van der Waals surface area contributed by atoms with E-state index in [1.807, 2.05) is 0 Å². The van der Waals surface area contributed by atoms with Crippen molar-refractivity contribution in [2.45, 2.75) is 19.8 Å². The first kappa shape index (κ1) is 12.2. The highest BCUT2D eigenvalue weighted by Gasteiger charge is 2.10. The fourth-order valence-corrected chi connectivity index (χ4v) is 2.29. The Morgan fingerprint density at radius 3 is 2.58 bits per heavy atom. The van der Waals surface area contributed by atoms with Crippen LogP contribution < -0.4 is 0 Å². The molecule has 0 spiro atoms. The lowest BCUT2D eigenvalue weighted by Crippen LogP contribution is -1.86. The summed E-state index contributed by atoms with van der Waals surface area (Å²) in [6.45, 7) is 4.37. The van der Waals surface area contributed by atoms with Crippen molar-refractivity contribution < 1.29 is 4.42 Å².